The van der Waals surface area contributed by atoms with Gasteiger partial charge in [0.15, 0.2) is 0 Å². The minimum Gasteiger partial charge on any atom is -0.385 e. The minimum atomic E-state index is -0.0992. The summed E-state index contributed by atoms with van der Waals surface area (Å²) in [6.45, 7) is 1.38. The number of hydrogen-bond donors (Lipinski definition) is 1. The molecule has 1 aliphatic carbocycles. The number of amides is 2. The quantitative estimate of drug-likeness (QED) is 0.654. The van der Waals surface area contributed by atoms with Crippen LogP contribution in [0.1, 0.15) is 44.9 Å². The molecular weight excluding hydrogens is 256 g/mol. The van der Waals surface area contributed by atoms with Gasteiger partial charge in [0.1, 0.15) is 0 Å². The summed E-state index contributed by atoms with van der Waals surface area (Å²) < 4.78 is 4.91. The molecule has 0 spiro atoms. The molecule has 0 aliphatic heterocycles. The fraction of sp³-hybridized carbons (Fsp3) is 0.867. The van der Waals surface area contributed by atoms with Crippen molar-refractivity contribution < 1.29 is 14.3 Å². The van der Waals surface area contributed by atoms with Gasteiger partial charge in [0.25, 0.3) is 0 Å². The van der Waals surface area contributed by atoms with Crippen LogP contribution in [0.3, 0.4) is 0 Å². The lowest BCUT2D eigenvalue weighted by Gasteiger charge is -2.18. The minimum absolute atomic E-state index is 0.0731. The first-order valence-electron chi connectivity index (χ1n) is 7.63. The summed E-state index contributed by atoms with van der Waals surface area (Å²) in [5.74, 6) is 0.692. The van der Waals surface area contributed by atoms with Gasteiger partial charge >= 0.3 is 0 Å². The molecule has 5 heteroatoms. The molecule has 0 aromatic heterocycles. The highest BCUT2D eigenvalue weighted by molar-refractivity contribution is 5.84. The van der Waals surface area contributed by atoms with Gasteiger partial charge < -0.3 is 15.0 Å². The highest BCUT2D eigenvalue weighted by Gasteiger charge is 2.18. The summed E-state index contributed by atoms with van der Waals surface area (Å²) in [7, 11) is 3.34. The number of rotatable bonds is 9. The van der Waals surface area contributed by atoms with Crippen molar-refractivity contribution in [2.24, 2.45) is 5.92 Å². The normalized spacial score (nSPS) is 15.3. The maximum Gasteiger partial charge on any atom is 0.239 e. The van der Waals surface area contributed by atoms with Crippen LogP contribution < -0.4 is 5.32 Å². The molecule has 1 aliphatic rings. The SMILES string of the molecule is COCCCNC(=O)CN(C)C(=O)CCC1CCCC1. The Morgan fingerprint density at radius 1 is 1.30 bits per heavy atom. The van der Waals surface area contributed by atoms with E-state index in [0.29, 0.717) is 19.6 Å². The Morgan fingerprint density at radius 3 is 2.65 bits per heavy atom. The van der Waals surface area contributed by atoms with Crippen molar-refractivity contribution >= 4 is 11.8 Å². The van der Waals surface area contributed by atoms with Gasteiger partial charge in [-0.2, -0.15) is 0 Å². The van der Waals surface area contributed by atoms with Gasteiger partial charge in [0.05, 0.1) is 6.54 Å². The van der Waals surface area contributed by atoms with Crippen LogP contribution >= 0.6 is 0 Å². The molecule has 1 N–H and O–H groups in total. The molecule has 0 saturated heterocycles. The van der Waals surface area contributed by atoms with E-state index in [2.05, 4.69) is 5.32 Å². The van der Waals surface area contributed by atoms with Crippen LogP contribution in [0.15, 0.2) is 0 Å². The predicted molar refractivity (Wildman–Crippen MR) is 78.3 cm³/mol. The molecule has 1 saturated carbocycles. The average molecular weight is 284 g/mol. The molecule has 1 fully saturated rings. The lowest BCUT2D eigenvalue weighted by Crippen LogP contribution is -2.38. The van der Waals surface area contributed by atoms with Gasteiger partial charge in [-0.1, -0.05) is 25.7 Å². The van der Waals surface area contributed by atoms with Crippen molar-refractivity contribution in [1.29, 1.82) is 0 Å². The van der Waals surface area contributed by atoms with Crippen LogP contribution in [0.4, 0.5) is 0 Å². The van der Waals surface area contributed by atoms with Crippen LogP contribution in [-0.4, -0.2) is 50.6 Å². The zero-order valence-electron chi connectivity index (χ0n) is 12.8. The predicted octanol–water partition coefficient (Wildman–Crippen LogP) is 1.57. The molecule has 0 bridgehead atoms. The van der Waals surface area contributed by atoms with Gasteiger partial charge in [-0.25, -0.2) is 0 Å². The Bertz CT molecular complexity index is 301. The van der Waals surface area contributed by atoms with E-state index in [4.69, 9.17) is 4.74 Å². The lowest BCUT2D eigenvalue weighted by atomic mass is 10.0. The van der Waals surface area contributed by atoms with Gasteiger partial charge in [-0.15, -0.1) is 0 Å². The maximum absolute atomic E-state index is 11.9. The monoisotopic (exact) mass is 284 g/mol. The van der Waals surface area contributed by atoms with Crippen molar-refractivity contribution in [1.82, 2.24) is 10.2 Å². The summed E-state index contributed by atoms with van der Waals surface area (Å²) in [6, 6.07) is 0. The van der Waals surface area contributed by atoms with Gasteiger partial charge in [0.2, 0.25) is 11.8 Å². The van der Waals surface area contributed by atoms with E-state index in [1.54, 1.807) is 14.2 Å². The second kappa shape index (κ2) is 9.75. The Balaban J connectivity index is 2.11. The van der Waals surface area contributed by atoms with E-state index >= 15 is 0 Å². The number of nitrogens with one attached hydrogen (secondary N) is 1. The number of methoxy groups -OCH3 is 1. The summed E-state index contributed by atoms with van der Waals surface area (Å²) in [4.78, 5) is 25.1. The number of carbonyl (C=O) groups excluding carboxylic acids is 2. The van der Waals surface area contributed by atoms with Crippen molar-refractivity contribution in [2.75, 3.05) is 33.9 Å². The first kappa shape index (κ1) is 17.0. The van der Waals surface area contributed by atoms with Crippen molar-refractivity contribution in [3.05, 3.63) is 0 Å². The van der Waals surface area contributed by atoms with Crippen LogP contribution in [0.2, 0.25) is 0 Å². The molecule has 0 radical (unpaired) electrons. The average Bonchev–Trinajstić information content (AvgIpc) is 2.94. The second-order valence-electron chi connectivity index (χ2n) is 5.64. The first-order chi connectivity index (χ1) is 9.63. The number of hydrogen-bond acceptors (Lipinski definition) is 3. The number of likely N-dealkylation sites (N-methyl/N-ethyl adjacent to an activating group) is 1. The summed E-state index contributed by atoms with van der Waals surface area (Å²) in [6.07, 6.45) is 7.46. The number of ether oxygens (including phenoxy) is 1. The van der Waals surface area contributed by atoms with Crippen LogP contribution in [0.5, 0.6) is 0 Å². The van der Waals surface area contributed by atoms with Crippen molar-refractivity contribution in [2.45, 2.75) is 44.9 Å². The Morgan fingerprint density at radius 2 is 2.00 bits per heavy atom. The maximum atomic E-state index is 11.9. The van der Waals surface area contributed by atoms with E-state index in [0.717, 1.165) is 18.8 Å². The topological polar surface area (TPSA) is 58.6 Å². The third kappa shape index (κ3) is 6.89. The molecule has 1 rings (SSSR count). The second-order valence-corrected chi connectivity index (χ2v) is 5.64. The van der Waals surface area contributed by atoms with Crippen molar-refractivity contribution in [3.63, 3.8) is 0 Å². The molecular formula is C15H28N2O3. The Kier molecular flexibility index (Phi) is 8.26. The van der Waals surface area contributed by atoms with Gasteiger partial charge in [-0.3, -0.25) is 9.59 Å². The third-order valence-corrected chi connectivity index (χ3v) is 3.90. The van der Waals surface area contributed by atoms with E-state index < -0.39 is 0 Å². The van der Waals surface area contributed by atoms with Crippen LogP contribution in [0.25, 0.3) is 0 Å². The first-order valence-corrected chi connectivity index (χ1v) is 7.63. The number of nitrogens with zero attached hydrogens (tertiary/aromatic N) is 1. The molecule has 0 atom stereocenters. The molecule has 0 aromatic carbocycles. The van der Waals surface area contributed by atoms with Gasteiger partial charge in [-0.05, 0) is 18.8 Å². The fourth-order valence-electron chi connectivity index (χ4n) is 2.62. The van der Waals surface area contributed by atoms with Crippen molar-refractivity contribution in [3.8, 4) is 0 Å². The van der Waals surface area contributed by atoms with Crippen LogP contribution in [-0.2, 0) is 14.3 Å². The fourth-order valence-corrected chi connectivity index (χ4v) is 2.62. The Labute approximate surface area is 122 Å². The summed E-state index contributed by atoms with van der Waals surface area (Å²) >= 11 is 0. The summed E-state index contributed by atoms with van der Waals surface area (Å²) in [5, 5.41) is 2.79. The number of carbonyl (C=O) groups is 2. The molecule has 0 unspecified atom stereocenters. The van der Waals surface area contributed by atoms with E-state index in [-0.39, 0.29) is 18.4 Å². The lowest BCUT2D eigenvalue weighted by molar-refractivity contribution is -0.134. The smallest absolute Gasteiger partial charge is 0.239 e. The zero-order valence-corrected chi connectivity index (χ0v) is 12.8. The highest BCUT2D eigenvalue weighted by atomic mass is 16.5. The molecule has 0 heterocycles. The van der Waals surface area contributed by atoms with E-state index in [9.17, 15) is 9.59 Å². The van der Waals surface area contributed by atoms with Gasteiger partial charge in [0, 0.05) is 33.7 Å². The Hall–Kier alpha value is -1.10. The van der Waals surface area contributed by atoms with E-state index in [1.165, 1.54) is 30.6 Å². The molecule has 20 heavy (non-hydrogen) atoms. The van der Waals surface area contributed by atoms with Crippen LogP contribution in [0, 0.1) is 5.92 Å². The largest absolute Gasteiger partial charge is 0.385 e. The zero-order chi connectivity index (χ0) is 14.8. The highest BCUT2D eigenvalue weighted by Crippen LogP contribution is 2.28. The molecule has 0 aromatic rings. The third-order valence-electron chi connectivity index (χ3n) is 3.90. The molecule has 116 valence electrons. The molecule has 5 nitrogen and oxygen atoms in total. The summed E-state index contributed by atoms with van der Waals surface area (Å²) in [5.41, 5.74) is 0. The van der Waals surface area contributed by atoms with E-state index in [1.807, 2.05) is 0 Å². The standard InChI is InChI=1S/C15H28N2O3/c1-17(12-14(18)16-10-5-11-20-2)15(19)9-8-13-6-3-4-7-13/h13H,3-12H2,1-2H3,(H,16,18). The molecule has 2 amide bonds.